The minimum absolute atomic E-state index is 0.167. The Morgan fingerprint density at radius 3 is 2.58 bits per heavy atom. The maximum absolute atomic E-state index is 12.0. The maximum atomic E-state index is 12.0. The number of rotatable bonds is 7. The maximum Gasteiger partial charge on any atom is 0.289 e. The fourth-order valence-corrected chi connectivity index (χ4v) is 3.97. The van der Waals surface area contributed by atoms with Crippen LogP contribution in [0.1, 0.15) is 10.4 Å². The predicted octanol–water partition coefficient (Wildman–Crippen LogP) is 3.18. The van der Waals surface area contributed by atoms with E-state index < -0.39 is 11.7 Å². The molecule has 4 rings (SSSR count). The number of morpholine rings is 1. The minimum Gasteiger partial charge on any atom is -0.378 e. The van der Waals surface area contributed by atoms with Crippen molar-refractivity contribution in [1.82, 2.24) is 9.97 Å². The fraction of sp³-hybridized carbons (Fsp3) is 0.200. The Kier molecular flexibility index (Phi) is 6.31. The first-order valence-corrected chi connectivity index (χ1v) is 10.7. The van der Waals surface area contributed by atoms with Crippen LogP contribution in [0.3, 0.4) is 0 Å². The van der Waals surface area contributed by atoms with Crippen molar-refractivity contribution in [1.29, 1.82) is 0 Å². The van der Waals surface area contributed by atoms with Gasteiger partial charge in [0, 0.05) is 24.5 Å². The first-order valence-electron chi connectivity index (χ1n) is 9.42. The van der Waals surface area contributed by atoms with Crippen molar-refractivity contribution in [3.63, 3.8) is 0 Å². The quantitative estimate of drug-likeness (QED) is 0.364. The summed E-state index contributed by atoms with van der Waals surface area (Å²) in [5.74, 6) is -1.19. The highest BCUT2D eigenvalue weighted by Crippen LogP contribution is 2.31. The molecule has 1 fully saturated rings. The van der Waals surface area contributed by atoms with Crippen LogP contribution in [0.2, 0.25) is 5.02 Å². The number of carbonyl (C=O) groups excluding carboxylic acids is 2. The van der Waals surface area contributed by atoms with E-state index in [0.717, 1.165) is 37.7 Å². The number of amides is 1. The van der Waals surface area contributed by atoms with Crippen LogP contribution in [0.15, 0.2) is 41.9 Å². The number of carbonyl (C=O) groups is 2. The third-order valence-corrected chi connectivity index (χ3v) is 5.72. The molecule has 3 heterocycles. The summed E-state index contributed by atoms with van der Waals surface area (Å²) in [7, 11) is 0. The number of ketones is 1. The summed E-state index contributed by atoms with van der Waals surface area (Å²) in [5, 5.41) is 8.47. The average molecular weight is 459 g/mol. The first kappa shape index (κ1) is 21.0. The second kappa shape index (κ2) is 9.29. The van der Waals surface area contributed by atoms with Crippen molar-refractivity contribution in [2.45, 2.75) is 0 Å². The highest BCUT2D eigenvalue weighted by molar-refractivity contribution is 7.14. The third kappa shape index (κ3) is 4.93. The van der Waals surface area contributed by atoms with Crippen LogP contribution in [0.25, 0.3) is 0 Å². The van der Waals surface area contributed by atoms with Gasteiger partial charge in [-0.1, -0.05) is 11.6 Å². The van der Waals surface area contributed by atoms with Gasteiger partial charge in [0.15, 0.2) is 5.82 Å². The normalized spacial score (nSPS) is 13.6. The minimum atomic E-state index is -1.03. The van der Waals surface area contributed by atoms with Gasteiger partial charge in [0.1, 0.15) is 10.0 Å². The molecule has 31 heavy (non-hydrogen) atoms. The lowest BCUT2D eigenvalue weighted by Crippen LogP contribution is -2.36. The van der Waals surface area contributed by atoms with E-state index in [9.17, 15) is 9.59 Å². The molecule has 0 saturated carbocycles. The van der Waals surface area contributed by atoms with Crippen LogP contribution in [0.5, 0.6) is 0 Å². The summed E-state index contributed by atoms with van der Waals surface area (Å²) in [6.45, 7) is 3.19. The number of nitrogens with zero attached hydrogens (tertiary/aromatic N) is 3. The van der Waals surface area contributed by atoms with E-state index in [4.69, 9.17) is 22.1 Å². The number of benzene rings is 1. The van der Waals surface area contributed by atoms with Gasteiger partial charge in [-0.15, -0.1) is 11.3 Å². The van der Waals surface area contributed by atoms with Gasteiger partial charge in [0.05, 0.1) is 25.0 Å². The Morgan fingerprint density at radius 1 is 1.13 bits per heavy atom. The van der Waals surface area contributed by atoms with E-state index in [1.165, 1.54) is 23.6 Å². The van der Waals surface area contributed by atoms with Crippen LogP contribution in [-0.2, 0) is 9.53 Å². The molecule has 0 radical (unpaired) electrons. The van der Waals surface area contributed by atoms with Gasteiger partial charge in [-0.25, -0.2) is 4.98 Å². The number of aromatic nitrogens is 2. The van der Waals surface area contributed by atoms with Gasteiger partial charge in [-0.2, -0.15) is 4.98 Å². The number of nitrogens with two attached hydrogens (primary N) is 1. The second-order valence-electron chi connectivity index (χ2n) is 6.64. The molecule has 1 aromatic carbocycles. The molecule has 1 amide bonds. The molecule has 1 aliphatic heterocycles. The van der Waals surface area contributed by atoms with Crippen LogP contribution >= 0.6 is 22.9 Å². The summed E-state index contributed by atoms with van der Waals surface area (Å²) in [6, 6.07) is 9.45. The van der Waals surface area contributed by atoms with Crippen LogP contribution < -0.4 is 21.3 Å². The van der Waals surface area contributed by atoms with Gasteiger partial charge < -0.3 is 26.0 Å². The third-order valence-electron chi connectivity index (χ3n) is 4.61. The molecule has 0 bridgehead atoms. The average Bonchev–Trinajstić information content (AvgIpc) is 3.24. The topological polar surface area (TPSA) is 122 Å². The summed E-state index contributed by atoms with van der Waals surface area (Å²) in [5.41, 5.74) is 7.21. The van der Waals surface area contributed by atoms with Gasteiger partial charge in [0.2, 0.25) is 5.95 Å². The largest absolute Gasteiger partial charge is 0.378 e. The van der Waals surface area contributed by atoms with E-state index in [0.29, 0.717) is 16.8 Å². The van der Waals surface area contributed by atoms with E-state index in [1.54, 1.807) is 5.38 Å². The number of Topliss-reactive ketones (excluding diaryl/α,β-unsaturated/α-hetero) is 1. The molecule has 1 aliphatic rings. The lowest BCUT2D eigenvalue weighted by Gasteiger charge is -2.28. The predicted molar refractivity (Wildman–Crippen MR) is 121 cm³/mol. The Bertz CT molecular complexity index is 1100. The molecule has 0 atom stereocenters. The van der Waals surface area contributed by atoms with Crippen molar-refractivity contribution in [3.8, 4) is 0 Å². The number of primary amides is 1. The van der Waals surface area contributed by atoms with E-state index in [-0.39, 0.29) is 10.6 Å². The summed E-state index contributed by atoms with van der Waals surface area (Å²) in [6.07, 6.45) is 1.45. The van der Waals surface area contributed by atoms with Crippen LogP contribution in [0.4, 0.5) is 28.1 Å². The number of thiophene rings is 1. The highest BCUT2D eigenvalue weighted by atomic mass is 35.5. The lowest BCUT2D eigenvalue weighted by molar-refractivity contribution is -0.114. The summed E-state index contributed by atoms with van der Waals surface area (Å²) >= 11 is 7.45. The Labute approximate surface area is 187 Å². The van der Waals surface area contributed by atoms with Crippen molar-refractivity contribution in [2.24, 2.45) is 5.73 Å². The standard InChI is InChI=1S/C20H19ClN6O3S/c21-15-11-23-20(24-12-1-3-13(4-2-12)27-6-8-30-9-7-27)26-18(15)25-19-14(5-10-31-19)16(28)17(22)29/h1-5,10-11H,6-9H2,(H2,22,29)(H2,23,24,25,26). The van der Waals surface area contributed by atoms with Gasteiger partial charge in [0.25, 0.3) is 11.7 Å². The zero-order valence-corrected chi connectivity index (χ0v) is 17.9. The van der Waals surface area contributed by atoms with Crippen molar-refractivity contribution in [3.05, 3.63) is 52.5 Å². The zero-order chi connectivity index (χ0) is 21.8. The SMILES string of the molecule is NC(=O)C(=O)c1ccsc1Nc1nc(Nc2ccc(N3CCOCC3)cc2)ncc1Cl. The summed E-state index contributed by atoms with van der Waals surface area (Å²) in [4.78, 5) is 34.0. The number of anilines is 5. The van der Waals surface area contributed by atoms with Gasteiger partial charge in [-0.05, 0) is 35.7 Å². The molecule has 1 saturated heterocycles. The molecule has 0 spiro atoms. The number of ether oxygens (including phenoxy) is 1. The number of hydrogen-bond donors (Lipinski definition) is 3. The van der Waals surface area contributed by atoms with E-state index >= 15 is 0 Å². The van der Waals surface area contributed by atoms with Crippen molar-refractivity contribution in [2.75, 3.05) is 41.8 Å². The molecule has 2 aromatic heterocycles. The van der Waals surface area contributed by atoms with Crippen LogP contribution in [0, 0.1) is 0 Å². The second-order valence-corrected chi connectivity index (χ2v) is 7.97. The molecule has 4 N–H and O–H groups in total. The van der Waals surface area contributed by atoms with E-state index in [1.807, 2.05) is 24.3 Å². The van der Waals surface area contributed by atoms with Gasteiger partial charge >= 0.3 is 0 Å². The Hall–Kier alpha value is -3.21. The molecule has 0 aliphatic carbocycles. The number of nitrogens with one attached hydrogen (secondary N) is 2. The molecule has 0 unspecified atom stereocenters. The lowest BCUT2D eigenvalue weighted by atomic mass is 10.2. The zero-order valence-electron chi connectivity index (χ0n) is 16.3. The van der Waals surface area contributed by atoms with Crippen molar-refractivity contribution >= 4 is 62.8 Å². The number of hydrogen-bond acceptors (Lipinski definition) is 9. The van der Waals surface area contributed by atoms with Gasteiger partial charge in [-0.3, -0.25) is 9.59 Å². The fourth-order valence-electron chi connectivity index (χ4n) is 3.05. The van der Waals surface area contributed by atoms with Crippen molar-refractivity contribution < 1.29 is 14.3 Å². The molecular weight excluding hydrogens is 440 g/mol. The highest BCUT2D eigenvalue weighted by Gasteiger charge is 2.19. The Morgan fingerprint density at radius 2 is 1.87 bits per heavy atom. The monoisotopic (exact) mass is 458 g/mol. The molecular formula is C20H19ClN6O3S. The summed E-state index contributed by atoms with van der Waals surface area (Å²) < 4.78 is 5.39. The Balaban J connectivity index is 1.49. The molecule has 160 valence electrons. The number of halogens is 1. The smallest absolute Gasteiger partial charge is 0.289 e. The molecule has 9 nitrogen and oxygen atoms in total. The van der Waals surface area contributed by atoms with Crippen LogP contribution in [-0.4, -0.2) is 48.0 Å². The molecule has 11 heteroatoms. The molecule has 3 aromatic rings. The first-order chi connectivity index (χ1) is 15.0. The van der Waals surface area contributed by atoms with E-state index in [2.05, 4.69) is 25.5 Å².